The van der Waals surface area contributed by atoms with E-state index in [1.165, 1.54) is 11.1 Å². The fourth-order valence-corrected chi connectivity index (χ4v) is 5.11. The number of nitrogens with one attached hydrogen (secondary N) is 1. The quantitative estimate of drug-likeness (QED) is 0.780. The Hall–Kier alpha value is -1.02. The molecule has 0 bridgehead atoms. The molecule has 0 amide bonds. The molecule has 1 N–H and O–H groups in total. The number of halogens is 2. The third kappa shape index (κ3) is 2.69. The van der Waals surface area contributed by atoms with Gasteiger partial charge in [0, 0.05) is 10.8 Å². The molecule has 1 saturated heterocycles. The first-order valence-corrected chi connectivity index (χ1v) is 8.72. The molecular formula is C20H23Cl2N. The average molecular weight is 348 g/mol. The van der Waals surface area contributed by atoms with Gasteiger partial charge in [0.1, 0.15) is 0 Å². The lowest BCUT2D eigenvalue weighted by Crippen LogP contribution is -2.47. The first-order valence-electron chi connectivity index (χ1n) is 8.28. The largest absolute Gasteiger partial charge is 0.316 e. The van der Waals surface area contributed by atoms with Gasteiger partial charge >= 0.3 is 0 Å². The third-order valence-corrected chi connectivity index (χ3v) is 6.29. The summed E-state index contributed by atoms with van der Waals surface area (Å²) in [5.74, 6) is 1.14. The Morgan fingerprint density at radius 2 is 1.43 bits per heavy atom. The SMILES string of the molecule is Cl.Cl[C@@H]1CCC(c2ccccc2)(c2ccccc2)[C@@H]2CNC[C@H]12. The van der Waals surface area contributed by atoms with E-state index in [-0.39, 0.29) is 17.8 Å². The van der Waals surface area contributed by atoms with Crippen LogP contribution in [-0.4, -0.2) is 18.5 Å². The number of rotatable bonds is 2. The van der Waals surface area contributed by atoms with Crippen LogP contribution < -0.4 is 5.32 Å². The molecule has 1 saturated carbocycles. The molecule has 0 aromatic heterocycles. The highest BCUT2D eigenvalue weighted by Gasteiger charge is 2.52. The van der Waals surface area contributed by atoms with E-state index in [2.05, 4.69) is 66.0 Å². The molecule has 1 aliphatic carbocycles. The number of hydrogen-bond acceptors (Lipinski definition) is 1. The number of alkyl halides is 1. The van der Waals surface area contributed by atoms with Gasteiger partial charge in [0.05, 0.1) is 0 Å². The van der Waals surface area contributed by atoms with Crippen molar-refractivity contribution in [3.05, 3.63) is 71.8 Å². The minimum atomic E-state index is 0. The molecule has 3 atom stereocenters. The van der Waals surface area contributed by atoms with E-state index in [9.17, 15) is 0 Å². The fraction of sp³-hybridized carbons (Fsp3) is 0.400. The second-order valence-corrected chi connectivity index (χ2v) is 7.25. The molecule has 3 heteroatoms. The monoisotopic (exact) mass is 347 g/mol. The Labute approximate surface area is 149 Å². The van der Waals surface area contributed by atoms with Gasteiger partial charge in [-0.05, 0) is 48.9 Å². The molecule has 2 fully saturated rings. The molecular weight excluding hydrogens is 325 g/mol. The zero-order valence-electron chi connectivity index (χ0n) is 13.1. The highest BCUT2D eigenvalue weighted by Crippen LogP contribution is 2.53. The molecule has 0 spiro atoms. The van der Waals surface area contributed by atoms with Gasteiger partial charge in [-0.2, -0.15) is 0 Å². The van der Waals surface area contributed by atoms with Crippen molar-refractivity contribution >= 4 is 24.0 Å². The summed E-state index contributed by atoms with van der Waals surface area (Å²) in [6, 6.07) is 22.1. The molecule has 23 heavy (non-hydrogen) atoms. The second-order valence-electron chi connectivity index (χ2n) is 6.69. The lowest BCUT2D eigenvalue weighted by Gasteiger charge is -2.48. The van der Waals surface area contributed by atoms with Gasteiger partial charge in [-0.3, -0.25) is 0 Å². The molecule has 2 aromatic rings. The van der Waals surface area contributed by atoms with Crippen LogP contribution in [0.4, 0.5) is 0 Å². The van der Waals surface area contributed by atoms with E-state index in [4.69, 9.17) is 11.6 Å². The van der Waals surface area contributed by atoms with Crippen molar-refractivity contribution in [2.24, 2.45) is 11.8 Å². The normalized spacial score (nSPS) is 28.7. The Bertz CT molecular complexity index is 589. The minimum absolute atomic E-state index is 0. The lowest BCUT2D eigenvalue weighted by molar-refractivity contribution is 0.193. The van der Waals surface area contributed by atoms with Crippen molar-refractivity contribution in [3.8, 4) is 0 Å². The van der Waals surface area contributed by atoms with Gasteiger partial charge in [-0.25, -0.2) is 0 Å². The first-order chi connectivity index (χ1) is 10.8. The van der Waals surface area contributed by atoms with Crippen LogP contribution in [0.2, 0.25) is 0 Å². The average Bonchev–Trinajstić information content (AvgIpc) is 3.08. The van der Waals surface area contributed by atoms with E-state index in [1.54, 1.807) is 0 Å². The highest BCUT2D eigenvalue weighted by atomic mass is 35.5. The van der Waals surface area contributed by atoms with Gasteiger partial charge in [0.2, 0.25) is 0 Å². The van der Waals surface area contributed by atoms with E-state index in [0.29, 0.717) is 17.2 Å². The number of fused-ring (bicyclic) bond motifs is 1. The summed E-state index contributed by atoms with van der Waals surface area (Å²) < 4.78 is 0. The van der Waals surface area contributed by atoms with Crippen LogP contribution in [0.15, 0.2) is 60.7 Å². The molecule has 2 aromatic carbocycles. The highest BCUT2D eigenvalue weighted by molar-refractivity contribution is 6.20. The van der Waals surface area contributed by atoms with Crippen LogP contribution in [0.3, 0.4) is 0 Å². The van der Waals surface area contributed by atoms with Gasteiger partial charge < -0.3 is 5.32 Å². The Balaban J connectivity index is 0.00000156. The fourth-order valence-electron chi connectivity index (χ4n) is 4.74. The second kappa shape index (κ2) is 6.84. The number of benzene rings is 2. The van der Waals surface area contributed by atoms with Crippen molar-refractivity contribution in [1.29, 1.82) is 0 Å². The van der Waals surface area contributed by atoms with Crippen LogP contribution in [0.25, 0.3) is 0 Å². The zero-order valence-corrected chi connectivity index (χ0v) is 14.7. The van der Waals surface area contributed by atoms with Gasteiger partial charge in [0.25, 0.3) is 0 Å². The van der Waals surface area contributed by atoms with E-state index < -0.39 is 0 Å². The van der Waals surface area contributed by atoms with Crippen LogP contribution in [0.1, 0.15) is 24.0 Å². The minimum Gasteiger partial charge on any atom is -0.316 e. The summed E-state index contributed by atoms with van der Waals surface area (Å²) in [4.78, 5) is 0. The zero-order chi connectivity index (χ0) is 15.0. The first kappa shape index (κ1) is 16.8. The summed E-state index contributed by atoms with van der Waals surface area (Å²) in [5, 5.41) is 3.91. The van der Waals surface area contributed by atoms with E-state index in [0.717, 1.165) is 25.9 Å². The summed E-state index contributed by atoms with van der Waals surface area (Å²) in [7, 11) is 0. The topological polar surface area (TPSA) is 12.0 Å². The lowest BCUT2D eigenvalue weighted by atomic mass is 9.56. The smallest absolute Gasteiger partial charge is 0.0380 e. The molecule has 2 aliphatic rings. The molecule has 1 aliphatic heterocycles. The van der Waals surface area contributed by atoms with Crippen molar-refractivity contribution in [3.63, 3.8) is 0 Å². The summed E-state index contributed by atoms with van der Waals surface area (Å²) in [6.45, 7) is 2.12. The Morgan fingerprint density at radius 1 is 0.870 bits per heavy atom. The summed E-state index contributed by atoms with van der Waals surface area (Å²) >= 11 is 6.68. The van der Waals surface area contributed by atoms with E-state index in [1.807, 2.05) is 0 Å². The van der Waals surface area contributed by atoms with Gasteiger partial charge in [-0.1, -0.05) is 60.7 Å². The van der Waals surface area contributed by atoms with Crippen LogP contribution >= 0.6 is 24.0 Å². The predicted molar refractivity (Wildman–Crippen MR) is 99.6 cm³/mol. The molecule has 1 nitrogen and oxygen atoms in total. The molecule has 4 rings (SSSR count). The molecule has 0 radical (unpaired) electrons. The van der Waals surface area contributed by atoms with Crippen molar-refractivity contribution in [1.82, 2.24) is 5.32 Å². The van der Waals surface area contributed by atoms with Crippen molar-refractivity contribution in [2.75, 3.05) is 13.1 Å². The maximum atomic E-state index is 6.68. The molecule has 122 valence electrons. The Kier molecular flexibility index (Phi) is 5.01. The predicted octanol–water partition coefficient (Wildman–Crippen LogP) is 4.63. The van der Waals surface area contributed by atoms with Gasteiger partial charge in [-0.15, -0.1) is 24.0 Å². The Morgan fingerprint density at radius 3 is 2.00 bits per heavy atom. The summed E-state index contributed by atoms with van der Waals surface area (Å²) in [6.07, 6.45) is 2.23. The maximum absolute atomic E-state index is 6.68. The maximum Gasteiger partial charge on any atom is 0.0380 e. The standard InChI is InChI=1S/C20H22ClN.ClH/c21-19-11-12-20(15-7-3-1-4-8-15,16-9-5-2-6-10-16)18-14-22-13-17(18)19;/h1-10,17-19,22H,11-14H2;1H/t17-,18+,19+;/m0./s1. The van der Waals surface area contributed by atoms with Gasteiger partial charge in [0.15, 0.2) is 0 Å². The van der Waals surface area contributed by atoms with E-state index >= 15 is 0 Å². The molecule has 0 unspecified atom stereocenters. The van der Waals surface area contributed by atoms with Crippen molar-refractivity contribution in [2.45, 2.75) is 23.6 Å². The van der Waals surface area contributed by atoms with Crippen LogP contribution in [0.5, 0.6) is 0 Å². The van der Waals surface area contributed by atoms with Crippen LogP contribution in [0, 0.1) is 11.8 Å². The van der Waals surface area contributed by atoms with Crippen LogP contribution in [-0.2, 0) is 5.41 Å². The van der Waals surface area contributed by atoms with Crippen molar-refractivity contribution < 1.29 is 0 Å². The summed E-state index contributed by atoms with van der Waals surface area (Å²) in [5.41, 5.74) is 2.99. The molecule has 1 heterocycles. The number of hydrogen-bond donors (Lipinski definition) is 1. The third-order valence-electron chi connectivity index (χ3n) is 5.75.